The van der Waals surface area contributed by atoms with E-state index in [1.54, 1.807) is 17.2 Å². The Morgan fingerprint density at radius 2 is 2.55 bits per heavy atom. The van der Waals surface area contributed by atoms with E-state index in [4.69, 9.17) is 0 Å². The van der Waals surface area contributed by atoms with Gasteiger partial charge < -0.3 is 4.90 Å². The molecule has 1 aromatic rings. The molecule has 1 aliphatic heterocycles. The third-order valence-electron chi connectivity index (χ3n) is 1.73. The third-order valence-corrected chi connectivity index (χ3v) is 1.73. The zero-order valence-electron chi connectivity index (χ0n) is 5.95. The van der Waals surface area contributed by atoms with Crippen LogP contribution in [-0.2, 0) is 4.79 Å². The van der Waals surface area contributed by atoms with Crippen LogP contribution >= 0.6 is 0 Å². The van der Waals surface area contributed by atoms with E-state index in [-0.39, 0.29) is 5.91 Å². The fourth-order valence-electron chi connectivity index (χ4n) is 1.04. The summed E-state index contributed by atoms with van der Waals surface area (Å²) in [5.74, 6) is 0.161. The molecule has 0 N–H and O–H groups in total. The molecule has 11 heavy (non-hydrogen) atoms. The van der Waals surface area contributed by atoms with Gasteiger partial charge in [-0.3, -0.25) is 9.78 Å². The molecular weight excluding hydrogens is 140 g/mol. The van der Waals surface area contributed by atoms with E-state index in [0.717, 1.165) is 12.2 Å². The van der Waals surface area contributed by atoms with Crippen LogP contribution in [0.5, 0.6) is 0 Å². The lowest BCUT2D eigenvalue weighted by Crippen LogP contribution is -2.43. The van der Waals surface area contributed by atoms with Crippen LogP contribution in [-0.4, -0.2) is 17.4 Å². The van der Waals surface area contributed by atoms with Gasteiger partial charge in [0, 0.05) is 19.2 Å². The van der Waals surface area contributed by atoms with Crippen molar-refractivity contribution in [1.82, 2.24) is 4.98 Å². The van der Waals surface area contributed by atoms with Gasteiger partial charge in [-0.25, -0.2) is 0 Å². The molecule has 1 saturated heterocycles. The van der Waals surface area contributed by atoms with Crippen molar-refractivity contribution in [2.24, 2.45) is 0 Å². The maximum Gasteiger partial charge on any atom is 0.228 e. The van der Waals surface area contributed by atoms with Crippen molar-refractivity contribution >= 4 is 11.6 Å². The molecule has 3 nitrogen and oxygen atoms in total. The van der Waals surface area contributed by atoms with Crippen LogP contribution in [0.25, 0.3) is 0 Å². The van der Waals surface area contributed by atoms with Gasteiger partial charge in [-0.2, -0.15) is 0 Å². The molecule has 0 aliphatic carbocycles. The Kier molecular flexibility index (Phi) is 1.35. The molecule has 55 valence electrons. The Labute approximate surface area is 64.7 Å². The number of anilines is 1. The second kappa shape index (κ2) is 2.34. The second-order valence-corrected chi connectivity index (χ2v) is 2.43. The molecule has 0 unspecified atom stereocenters. The van der Waals surface area contributed by atoms with Gasteiger partial charge in [-0.15, -0.1) is 0 Å². The average Bonchev–Trinajstić information content (AvgIpc) is 2.04. The Morgan fingerprint density at radius 3 is 3.00 bits per heavy atom. The lowest BCUT2D eigenvalue weighted by Gasteiger charge is -2.29. The van der Waals surface area contributed by atoms with Crippen molar-refractivity contribution in [2.45, 2.75) is 6.42 Å². The van der Waals surface area contributed by atoms with Crippen molar-refractivity contribution < 1.29 is 4.79 Å². The normalized spacial score (nSPS) is 16.4. The van der Waals surface area contributed by atoms with Crippen LogP contribution in [0.15, 0.2) is 18.3 Å². The van der Waals surface area contributed by atoms with Crippen LogP contribution in [0, 0.1) is 6.20 Å². The topological polar surface area (TPSA) is 33.2 Å². The summed E-state index contributed by atoms with van der Waals surface area (Å²) in [6.07, 6.45) is 5.06. The van der Waals surface area contributed by atoms with E-state index >= 15 is 0 Å². The molecule has 0 aromatic carbocycles. The van der Waals surface area contributed by atoms with E-state index in [2.05, 4.69) is 11.2 Å². The van der Waals surface area contributed by atoms with Gasteiger partial charge in [0.25, 0.3) is 0 Å². The highest BCUT2D eigenvalue weighted by Crippen LogP contribution is 2.18. The lowest BCUT2D eigenvalue weighted by molar-refractivity contribution is -0.122. The van der Waals surface area contributed by atoms with Gasteiger partial charge in [-0.1, -0.05) is 0 Å². The van der Waals surface area contributed by atoms with Gasteiger partial charge in [-0.05, 0) is 12.1 Å². The van der Waals surface area contributed by atoms with Crippen LogP contribution in [0.1, 0.15) is 6.42 Å². The van der Waals surface area contributed by atoms with Crippen molar-refractivity contribution in [2.75, 3.05) is 11.4 Å². The van der Waals surface area contributed by atoms with Gasteiger partial charge in [0.2, 0.25) is 5.91 Å². The molecule has 3 heteroatoms. The molecule has 0 bridgehead atoms. The number of carbonyl (C=O) groups is 1. The standard InChI is InChI=1S/C8H7N2O/c11-8-3-5-10(8)7-2-1-4-9-6-7/h1-2,4H,3,5H2. The number of hydrogen-bond acceptors (Lipinski definition) is 2. The summed E-state index contributed by atoms with van der Waals surface area (Å²) in [6, 6.07) is 3.64. The van der Waals surface area contributed by atoms with Crippen LogP contribution in [0.2, 0.25) is 0 Å². The number of aromatic nitrogens is 1. The van der Waals surface area contributed by atoms with Crippen molar-refractivity contribution in [3.63, 3.8) is 0 Å². The van der Waals surface area contributed by atoms with Crippen molar-refractivity contribution in [3.8, 4) is 0 Å². The molecule has 1 aliphatic rings. The molecule has 2 rings (SSSR count). The highest BCUT2D eigenvalue weighted by molar-refractivity contribution is 5.98. The predicted molar refractivity (Wildman–Crippen MR) is 40.0 cm³/mol. The first-order valence-corrected chi connectivity index (χ1v) is 3.51. The number of rotatable bonds is 1. The third kappa shape index (κ3) is 0.981. The summed E-state index contributed by atoms with van der Waals surface area (Å²) < 4.78 is 0. The van der Waals surface area contributed by atoms with Crippen LogP contribution in [0.4, 0.5) is 5.69 Å². The quantitative estimate of drug-likeness (QED) is 0.545. The Morgan fingerprint density at radius 1 is 1.64 bits per heavy atom. The molecule has 2 heterocycles. The first-order valence-electron chi connectivity index (χ1n) is 3.51. The maximum absolute atomic E-state index is 10.9. The molecule has 1 radical (unpaired) electrons. The molecule has 0 spiro atoms. The number of hydrogen-bond donors (Lipinski definition) is 0. The van der Waals surface area contributed by atoms with Gasteiger partial charge in [0.1, 0.15) is 6.20 Å². The van der Waals surface area contributed by atoms with E-state index in [1.807, 2.05) is 6.07 Å². The molecule has 0 atom stereocenters. The zero-order valence-corrected chi connectivity index (χ0v) is 5.95. The smallest absolute Gasteiger partial charge is 0.228 e. The Balaban J connectivity index is 2.23. The SMILES string of the molecule is O=C1CCN1c1[c]nccc1. The number of carbonyl (C=O) groups excluding carboxylic acids is 1. The number of nitrogens with zero attached hydrogens (tertiary/aromatic N) is 2. The Hall–Kier alpha value is -1.38. The van der Waals surface area contributed by atoms with E-state index in [0.29, 0.717) is 6.42 Å². The van der Waals surface area contributed by atoms with E-state index in [1.165, 1.54) is 0 Å². The van der Waals surface area contributed by atoms with Crippen LogP contribution in [0.3, 0.4) is 0 Å². The van der Waals surface area contributed by atoms with E-state index < -0.39 is 0 Å². The van der Waals surface area contributed by atoms with E-state index in [9.17, 15) is 4.79 Å². The Bertz CT molecular complexity index is 271. The molecule has 1 amide bonds. The molecule has 1 aromatic heterocycles. The van der Waals surface area contributed by atoms with Crippen molar-refractivity contribution in [3.05, 3.63) is 24.5 Å². The van der Waals surface area contributed by atoms with Crippen molar-refractivity contribution in [1.29, 1.82) is 0 Å². The second-order valence-electron chi connectivity index (χ2n) is 2.43. The summed E-state index contributed by atoms with van der Waals surface area (Å²) in [5, 5.41) is 0. The summed E-state index contributed by atoms with van der Waals surface area (Å²) in [6.45, 7) is 0.807. The molecular formula is C8H7N2O. The lowest BCUT2D eigenvalue weighted by atomic mass is 10.2. The van der Waals surface area contributed by atoms with Gasteiger partial charge in [0.15, 0.2) is 0 Å². The summed E-state index contributed by atoms with van der Waals surface area (Å²) in [5.41, 5.74) is 0.781. The van der Waals surface area contributed by atoms with Gasteiger partial charge >= 0.3 is 0 Å². The highest BCUT2D eigenvalue weighted by Gasteiger charge is 2.24. The van der Waals surface area contributed by atoms with Gasteiger partial charge in [0.05, 0.1) is 5.69 Å². The predicted octanol–water partition coefficient (Wildman–Crippen LogP) is 0.618. The zero-order chi connectivity index (χ0) is 7.68. The fraction of sp³-hybridized carbons (Fsp3) is 0.250. The first kappa shape index (κ1) is 6.34. The monoisotopic (exact) mass is 147 g/mol. The molecule has 1 fully saturated rings. The largest absolute Gasteiger partial charge is 0.310 e. The molecule has 0 saturated carbocycles. The number of amides is 1. The minimum Gasteiger partial charge on any atom is -0.310 e. The highest BCUT2D eigenvalue weighted by atomic mass is 16.2. The minimum absolute atomic E-state index is 0.161. The summed E-state index contributed by atoms with van der Waals surface area (Å²) in [7, 11) is 0. The first-order chi connectivity index (χ1) is 5.38. The summed E-state index contributed by atoms with van der Waals surface area (Å²) >= 11 is 0. The fourth-order valence-corrected chi connectivity index (χ4v) is 1.04. The van der Waals surface area contributed by atoms with Crippen LogP contribution < -0.4 is 4.90 Å². The number of pyridine rings is 1. The average molecular weight is 147 g/mol. The number of β-lactam (4-membered cyclic amide) rings is 1. The maximum atomic E-state index is 10.9. The summed E-state index contributed by atoms with van der Waals surface area (Å²) in [4.78, 5) is 16.4. The minimum atomic E-state index is 0.161.